The number of hydrogen-bond acceptors (Lipinski definition) is 6. The summed E-state index contributed by atoms with van der Waals surface area (Å²) in [5.41, 5.74) is -0.970. The highest BCUT2D eigenvalue weighted by Crippen LogP contribution is 2.64. The van der Waals surface area contributed by atoms with Crippen LogP contribution in [0.4, 0.5) is 0 Å². The Morgan fingerprint density at radius 3 is 2.42 bits per heavy atom. The van der Waals surface area contributed by atoms with Gasteiger partial charge in [0, 0.05) is 18.0 Å². The SMILES string of the molecule is CNC(C(=O)OC12CC3CC(CC(CC(=O)N4C(C#N)CC5C(C)C54)(C3)C1)C2)C(C)(C)NC. The van der Waals surface area contributed by atoms with Crippen molar-refractivity contribution in [2.24, 2.45) is 29.1 Å². The molecule has 4 bridgehead atoms. The smallest absolute Gasteiger partial charge is 0.325 e. The van der Waals surface area contributed by atoms with Crippen molar-refractivity contribution in [3.05, 3.63) is 0 Å². The molecule has 7 atom stereocenters. The maximum atomic E-state index is 13.6. The molecule has 1 saturated heterocycles. The zero-order chi connectivity index (χ0) is 23.8. The van der Waals surface area contributed by atoms with Gasteiger partial charge in [-0.05, 0) is 102 Å². The van der Waals surface area contributed by atoms with E-state index < -0.39 is 17.2 Å². The van der Waals surface area contributed by atoms with Gasteiger partial charge in [-0.1, -0.05) is 6.92 Å². The highest BCUT2D eigenvalue weighted by atomic mass is 16.6. The summed E-state index contributed by atoms with van der Waals surface area (Å²) in [7, 11) is 3.67. The van der Waals surface area contributed by atoms with Crippen molar-refractivity contribution < 1.29 is 14.3 Å². The molecule has 33 heavy (non-hydrogen) atoms. The first-order valence-electron chi connectivity index (χ1n) is 12.9. The van der Waals surface area contributed by atoms with Crippen molar-refractivity contribution in [2.75, 3.05) is 14.1 Å². The molecule has 6 rings (SSSR count). The maximum Gasteiger partial charge on any atom is 0.325 e. The number of hydrogen-bond donors (Lipinski definition) is 2. The Hall–Kier alpha value is -1.65. The van der Waals surface area contributed by atoms with Crippen LogP contribution in [0.1, 0.15) is 72.1 Å². The summed E-state index contributed by atoms with van der Waals surface area (Å²) in [4.78, 5) is 28.8. The topological polar surface area (TPSA) is 94.5 Å². The standard InChI is InChI=1S/C26H40N4O3/c1-15-19-7-18(13-27)30(21(15)19)20(31)12-25-8-16-6-17(9-25)11-26(10-16,14-25)33-23(32)22(28-4)24(2,3)29-5/h15-19,21-22,28-29H,6-12,14H2,1-5H3. The fraction of sp³-hybridized carbons (Fsp3) is 0.885. The van der Waals surface area contributed by atoms with Crippen molar-refractivity contribution in [3.63, 3.8) is 0 Å². The molecule has 7 heteroatoms. The minimum Gasteiger partial charge on any atom is -0.458 e. The molecule has 2 N–H and O–H groups in total. The first-order valence-corrected chi connectivity index (χ1v) is 12.9. The zero-order valence-electron chi connectivity index (χ0n) is 20.8. The van der Waals surface area contributed by atoms with E-state index >= 15 is 0 Å². The van der Waals surface area contributed by atoms with Crippen LogP contribution in [0, 0.1) is 40.4 Å². The lowest BCUT2D eigenvalue weighted by molar-refractivity contribution is -0.206. The van der Waals surface area contributed by atoms with Crippen LogP contribution in [0.3, 0.4) is 0 Å². The molecule has 0 spiro atoms. The molecule has 0 aromatic rings. The van der Waals surface area contributed by atoms with E-state index in [1.54, 1.807) is 7.05 Å². The van der Waals surface area contributed by atoms with E-state index in [2.05, 4.69) is 23.6 Å². The number of likely N-dealkylation sites (tertiary alicyclic amines) is 1. The van der Waals surface area contributed by atoms with Gasteiger partial charge in [0.25, 0.3) is 0 Å². The van der Waals surface area contributed by atoms with Crippen LogP contribution >= 0.6 is 0 Å². The lowest BCUT2D eigenvalue weighted by atomic mass is 9.47. The van der Waals surface area contributed by atoms with Crippen molar-refractivity contribution in [1.29, 1.82) is 5.26 Å². The summed E-state index contributed by atoms with van der Waals surface area (Å²) in [5.74, 6) is 2.04. The van der Waals surface area contributed by atoms with Crippen molar-refractivity contribution in [2.45, 2.75) is 101 Å². The summed E-state index contributed by atoms with van der Waals surface area (Å²) in [6, 6.07) is 1.94. The number of rotatable bonds is 7. The molecule has 0 aromatic heterocycles. The molecule has 182 valence electrons. The van der Waals surface area contributed by atoms with Gasteiger partial charge in [0.15, 0.2) is 0 Å². The van der Waals surface area contributed by atoms with Crippen LogP contribution in [-0.4, -0.2) is 60.1 Å². The zero-order valence-corrected chi connectivity index (χ0v) is 20.8. The van der Waals surface area contributed by atoms with E-state index in [9.17, 15) is 14.9 Å². The predicted molar refractivity (Wildman–Crippen MR) is 124 cm³/mol. The quantitative estimate of drug-likeness (QED) is 0.572. The number of nitrogens with zero attached hydrogens (tertiary/aromatic N) is 2. The van der Waals surface area contributed by atoms with Crippen LogP contribution in [-0.2, 0) is 14.3 Å². The van der Waals surface area contributed by atoms with E-state index in [0.717, 1.165) is 38.5 Å². The maximum absolute atomic E-state index is 13.6. The van der Waals surface area contributed by atoms with Crippen molar-refractivity contribution in [1.82, 2.24) is 15.5 Å². The van der Waals surface area contributed by atoms with E-state index in [4.69, 9.17) is 4.74 Å². The first-order chi connectivity index (χ1) is 15.6. The summed E-state index contributed by atoms with van der Waals surface area (Å²) < 4.78 is 6.39. The summed E-state index contributed by atoms with van der Waals surface area (Å²) >= 11 is 0. The number of ether oxygens (including phenoxy) is 1. The van der Waals surface area contributed by atoms with Crippen molar-refractivity contribution in [3.8, 4) is 6.07 Å². The number of piperidine rings is 1. The van der Waals surface area contributed by atoms with E-state index in [-0.39, 0.29) is 29.4 Å². The Labute approximate surface area is 198 Å². The number of esters is 1. The Balaban J connectivity index is 1.34. The molecule has 0 radical (unpaired) electrons. The highest BCUT2D eigenvalue weighted by Gasteiger charge is 2.63. The number of fused-ring (bicyclic) bond motifs is 1. The Morgan fingerprint density at radius 1 is 1.18 bits per heavy atom. The minimum atomic E-state index is -0.449. The Morgan fingerprint density at radius 2 is 1.85 bits per heavy atom. The number of nitriles is 1. The van der Waals surface area contributed by atoms with Gasteiger partial charge in [0.05, 0.1) is 6.07 Å². The van der Waals surface area contributed by atoms with Gasteiger partial charge in [-0.3, -0.25) is 9.59 Å². The van der Waals surface area contributed by atoms with E-state index in [1.807, 2.05) is 25.8 Å². The number of carbonyl (C=O) groups is 2. The molecular weight excluding hydrogens is 416 g/mol. The van der Waals surface area contributed by atoms with E-state index in [1.165, 1.54) is 6.42 Å². The fourth-order valence-corrected chi connectivity index (χ4v) is 8.66. The summed E-state index contributed by atoms with van der Waals surface area (Å²) in [6.07, 6.45) is 7.28. The number of amides is 1. The second kappa shape index (κ2) is 7.68. The van der Waals surface area contributed by atoms with Crippen LogP contribution in [0.5, 0.6) is 0 Å². The van der Waals surface area contributed by atoms with Crippen LogP contribution in [0.15, 0.2) is 0 Å². The van der Waals surface area contributed by atoms with Crippen LogP contribution in [0.25, 0.3) is 0 Å². The normalized spacial score (nSPS) is 43.7. The third-order valence-corrected chi connectivity index (χ3v) is 9.96. The second-order valence-electron chi connectivity index (χ2n) is 12.6. The van der Waals surface area contributed by atoms with Crippen LogP contribution < -0.4 is 10.6 Å². The lowest BCUT2D eigenvalue weighted by Gasteiger charge is -2.61. The molecule has 5 saturated carbocycles. The second-order valence-corrected chi connectivity index (χ2v) is 12.6. The molecule has 6 fully saturated rings. The molecule has 7 unspecified atom stereocenters. The van der Waals surface area contributed by atoms with Gasteiger partial charge >= 0.3 is 5.97 Å². The van der Waals surface area contributed by atoms with Crippen LogP contribution in [0.2, 0.25) is 0 Å². The lowest BCUT2D eigenvalue weighted by Crippen LogP contribution is -2.62. The molecule has 1 amide bonds. The summed E-state index contributed by atoms with van der Waals surface area (Å²) in [6.45, 7) is 6.21. The van der Waals surface area contributed by atoms with Crippen molar-refractivity contribution >= 4 is 11.9 Å². The third kappa shape index (κ3) is 3.69. The number of carbonyl (C=O) groups excluding carboxylic acids is 2. The molecule has 1 aliphatic heterocycles. The molecule has 6 aliphatic rings. The first kappa shape index (κ1) is 23.1. The van der Waals surface area contributed by atoms with Gasteiger partial charge in [0.1, 0.15) is 17.7 Å². The molecule has 1 heterocycles. The van der Waals surface area contributed by atoms with Gasteiger partial charge in [-0.25, -0.2) is 0 Å². The van der Waals surface area contributed by atoms with Gasteiger partial charge < -0.3 is 20.3 Å². The molecule has 0 aromatic carbocycles. The van der Waals surface area contributed by atoms with Gasteiger partial charge in [-0.15, -0.1) is 0 Å². The van der Waals surface area contributed by atoms with E-state index in [0.29, 0.717) is 30.1 Å². The number of likely N-dealkylation sites (N-methyl/N-ethyl adjacent to an activating group) is 2. The number of nitrogens with one attached hydrogen (secondary N) is 2. The minimum absolute atomic E-state index is 0.0919. The Bertz CT molecular complexity index is 865. The predicted octanol–water partition coefficient (Wildman–Crippen LogP) is 2.60. The Kier molecular flexibility index (Phi) is 5.38. The molecule has 5 aliphatic carbocycles. The monoisotopic (exact) mass is 456 g/mol. The largest absolute Gasteiger partial charge is 0.458 e. The third-order valence-electron chi connectivity index (χ3n) is 9.96. The highest BCUT2D eigenvalue weighted by molar-refractivity contribution is 5.80. The molecular formula is C26H40N4O3. The molecule has 7 nitrogen and oxygen atoms in total. The van der Waals surface area contributed by atoms with Gasteiger partial charge in [0.2, 0.25) is 5.91 Å². The fourth-order valence-electron chi connectivity index (χ4n) is 8.66. The average Bonchev–Trinajstić information content (AvgIpc) is 3.16. The van der Waals surface area contributed by atoms with Gasteiger partial charge in [-0.2, -0.15) is 5.26 Å². The average molecular weight is 457 g/mol. The summed E-state index contributed by atoms with van der Waals surface area (Å²) in [5, 5.41) is 16.0.